The molecular formula is C15H18N2O. The van der Waals surface area contributed by atoms with Gasteiger partial charge in [0.25, 0.3) is 0 Å². The fourth-order valence-electron chi connectivity index (χ4n) is 2.70. The van der Waals surface area contributed by atoms with Crippen molar-refractivity contribution in [3.63, 3.8) is 0 Å². The highest BCUT2D eigenvalue weighted by Crippen LogP contribution is 2.30. The number of hydrogen-bond donors (Lipinski definition) is 1. The van der Waals surface area contributed by atoms with Crippen molar-refractivity contribution in [3.05, 3.63) is 42.1 Å². The molecule has 94 valence electrons. The summed E-state index contributed by atoms with van der Waals surface area (Å²) in [7, 11) is 0. The lowest BCUT2D eigenvalue weighted by molar-refractivity contribution is 0.0449. The highest BCUT2D eigenvalue weighted by Gasteiger charge is 2.23. The maximum Gasteiger partial charge on any atom is 0.0749 e. The van der Waals surface area contributed by atoms with Crippen LogP contribution in [0.25, 0.3) is 10.9 Å². The molecule has 1 saturated heterocycles. The van der Waals surface area contributed by atoms with E-state index in [0.717, 1.165) is 42.5 Å². The fraction of sp³-hybridized carbons (Fsp3) is 0.400. The van der Waals surface area contributed by atoms with Gasteiger partial charge >= 0.3 is 0 Å². The second-order valence-corrected chi connectivity index (χ2v) is 4.93. The normalized spacial score (nSPS) is 21.9. The number of para-hydroxylation sites is 1. The number of benzene rings is 1. The summed E-state index contributed by atoms with van der Waals surface area (Å²) in [6, 6.07) is 10.3. The summed E-state index contributed by atoms with van der Waals surface area (Å²) in [6.45, 7) is 1.64. The minimum Gasteiger partial charge on any atom is -0.381 e. The van der Waals surface area contributed by atoms with Crippen molar-refractivity contribution in [1.29, 1.82) is 0 Å². The van der Waals surface area contributed by atoms with Gasteiger partial charge in [-0.2, -0.15) is 0 Å². The van der Waals surface area contributed by atoms with Crippen LogP contribution in [-0.2, 0) is 4.74 Å². The summed E-state index contributed by atoms with van der Waals surface area (Å²) < 4.78 is 5.54. The molecule has 1 aliphatic rings. The summed E-state index contributed by atoms with van der Waals surface area (Å²) in [5.74, 6) is 0.409. The standard InChI is InChI=1S/C15H18N2O/c16-14(12-6-3-9-18-10-12)13-7-1-4-11-5-2-8-17-15(11)13/h1-2,4-5,7-8,12,14H,3,6,9-10,16H2. The molecule has 3 rings (SSSR count). The van der Waals surface area contributed by atoms with Crippen molar-refractivity contribution in [2.45, 2.75) is 18.9 Å². The lowest BCUT2D eigenvalue weighted by atomic mass is 9.88. The summed E-state index contributed by atoms with van der Waals surface area (Å²) in [6.07, 6.45) is 4.08. The van der Waals surface area contributed by atoms with E-state index in [4.69, 9.17) is 10.5 Å². The van der Waals surface area contributed by atoms with Crippen molar-refractivity contribution in [3.8, 4) is 0 Å². The highest BCUT2D eigenvalue weighted by molar-refractivity contribution is 5.82. The second-order valence-electron chi connectivity index (χ2n) is 4.93. The van der Waals surface area contributed by atoms with Gasteiger partial charge in [-0.1, -0.05) is 24.3 Å². The van der Waals surface area contributed by atoms with Gasteiger partial charge in [0.15, 0.2) is 0 Å². The highest BCUT2D eigenvalue weighted by atomic mass is 16.5. The van der Waals surface area contributed by atoms with Gasteiger partial charge < -0.3 is 10.5 Å². The lowest BCUT2D eigenvalue weighted by Crippen LogP contribution is -2.29. The molecule has 0 spiro atoms. The molecular weight excluding hydrogens is 224 g/mol. The van der Waals surface area contributed by atoms with Crippen LogP contribution in [0.2, 0.25) is 0 Å². The summed E-state index contributed by atoms with van der Waals surface area (Å²) in [5, 5.41) is 1.15. The third kappa shape index (κ3) is 2.11. The van der Waals surface area contributed by atoms with Gasteiger partial charge in [0.1, 0.15) is 0 Å². The molecule has 2 atom stereocenters. The number of fused-ring (bicyclic) bond motifs is 1. The second kappa shape index (κ2) is 5.04. The average Bonchev–Trinajstić information content (AvgIpc) is 2.47. The molecule has 1 aliphatic heterocycles. The van der Waals surface area contributed by atoms with Crippen molar-refractivity contribution >= 4 is 10.9 Å². The quantitative estimate of drug-likeness (QED) is 0.880. The molecule has 3 heteroatoms. The van der Waals surface area contributed by atoms with Gasteiger partial charge in [-0.25, -0.2) is 0 Å². The lowest BCUT2D eigenvalue weighted by Gasteiger charge is -2.28. The van der Waals surface area contributed by atoms with Crippen molar-refractivity contribution in [1.82, 2.24) is 4.98 Å². The molecule has 2 unspecified atom stereocenters. The van der Waals surface area contributed by atoms with Crippen molar-refractivity contribution < 1.29 is 4.74 Å². The summed E-state index contributed by atoms with van der Waals surface area (Å²) in [4.78, 5) is 4.48. The molecule has 0 saturated carbocycles. The maximum absolute atomic E-state index is 6.42. The molecule has 2 N–H and O–H groups in total. The Balaban J connectivity index is 1.97. The third-order valence-corrected chi connectivity index (χ3v) is 3.73. The SMILES string of the molecule is NC(c1cccc2cccnc12)C1CCCOC1. The fourth-order valence-corrected chi connectivity index (χ4v) is 2.70. The van der Waals surface area contributed by atoms with Gasteiger partial charge in [0.05, 0.1) is 12.1 Å². The average molecular weight is 242 g/mol. The Morgan fingerprint density at radius 2 is 2.17 bits per heavy atom. The molecule has 18 heavy (non-hydrogen) atoms. The Bertz CT molecular complexity index is 530. The number of pyridine rings is 1. The molecule has 3 nitrogen and oxygen atoms in total. The Kier molecular flexibility index (Phi) is 3.26. The zero-order valence-corrected chi connectivity index (χ0v) is 10.4. The Labute approximate surface area is 107 Å². The first kappa shape index (κ1) is 11.6. The van der Waals surface area contributed by atoms with E-state index in [9.17, 15) is 0 Å². The van der Waals surface area contributed by atoms with Crippen LogP contribution in [0.5, 0.6) is 0 Å². The molecule has 2 heterocycles. The molecule has 2 aromatic rings. The molecule has 1 aromatic carbocycles. The Hall–Kier alpha value is -1.45. The molecule has 0 aliphatic carbocycles. The molecule has 0 amide bonds. The van der Waals surface area contributed by atoms with E-state index in [-0.39, 0.29) is 6.04 Å². The molecule has 1 fully saturated rings. The van der Waals surface area contributed by atoms with Crippen LogP contribution < -0.4 is 5.73 Å². The van der Waals surface area contributed by atoms with E-state index in [2.05, 4.69) is 29.2 Å². The smallest absolute Gasteiger partial charge is 0.0749 e. The first-order chi connectivity index (χ1) is 8.86. The first-order valence-electron chi connectivity index (χ1n) is 6.53. The van der Waals surface area contributed by atoms with Crippen LogP contribution in [0.3, 0.4) is 0 Å². The van der Waals surface area contributed by atoms with Gasteiger partial charge in [0.2, 0.25) is 0 Å². The predicted molar refractivity (Wildman–Crippen MR) is 72.2 cm³/mol. The van der Waals surface area contributed by atoms with Crippen LogP contribution in [0.4, 0.5) is 0 Å². The number of ether oxygens (including phenoxy) is 1. The van der Waals surface area contributed by atoms with Gasteiger partial charge in [0, 0.05) is 30.1 Å². The first-order valence-corrected chi connectivity index (χ1v) is 6.53. The van der Waals surface area contributed by atoms with Crippen LogP contribution in [0, 0.1) is 5.92 Å². The number of aromatic nitrogens is 1. The van der Waals surface area contributed by atoms with Crippen LogP contribution in [0.15, 0.2) is 36.5 Å². The summed E-state index contributed by atoms with van der Waals surface area (Å²) >= 11 is 0. The van der Waals surface area contributed by atoms with Crippen LogP contribution in [-0.4, -0.2) is 18.2 Å². The minimum absolute atomic E-state index is 0.0175. The molecule has 0 radical (unpaired) electrons. The number of hydrogen-bond acceptors (Lipinski definition) is 3. The Morgan fingerprint density at radius 1 is 1.28 bits per heavy atom. The largest absolute Gasteiger partial charge is 0.381 e. The zero-order valence-electron chi connectivity index (χ0n) is 10.4. The van der Waals surface area contributed by atoms with E-state index in [1.165, 1.54) is 0 Å². The van der Waals surface area contributed by atoms with Gasteiger partial charge in [-0.15, -0.1) is 0 Å². The van der Waals surface area contributed by atoms with Gasteiger partial charge in [-0.3, -0.25) is 4.98 Å². The van der Waals surface area contributed by atoms with Crippen LogP contribution in [0.1, 0.15) is 24.4 Å². The van der Waals surface area contributed by atoms with E-state index < -0.39 is 0 Å². The minimum atomic E-state index is 0.0175. The summed E-state index contributed by atoms with van der Waals surface area (Å²) in [5.41, 5.74) is 8.58. The predicted octanol–water partition coefficient (Wildman–Crippen LogP) is 2.66. The molecule has 0 bridgehead atoms. The van der Waals surface area contributed by atoms with E-state index >= 15 is 0 Å². The zero-order chi connectivity index (χ0) is 12.4. The molecule has 1 aromatic heterocycles. The number of rotatable bonds is 2. The third-order valence-electron chi connectivity index (χ3n) is 3.73. The van der Waals surface area contributed by atoms with E-state index in [0.29, 0.717) is 5.92 Å². The van der Waals surface area contributed by atoms with Gasteiger partial charge in [-0.05, 0) is 24.5 Å². The van der Waals surface area contributed by atoms with Crippen molar-refractivity contribution in [2.75, 3.05) is 13.2 Å². The van der Waals surface area contributed by atoms with E-state index in [1.54, 1.807) is 0 Å². The van der Waals surface area contributed by atoms with Crippen molar-refractivity contribution in [2.24, 2.45) is 11.7 Å². The Morgan fingerprint density at radius 3 is 3.00 bits per heavy atom. The van der Waals surface area contributed by atoms with E-state index in [1.807, 2.05) is 12.3 Å². The number of nitrogens with zero attached hydrogens (tertiary/aromatic N) is 1. The monoisotopic (exact) mass is 242 g/mol. The van der Waals surface area contributed by atoms with Crippen LogP contribution >= 0.6 is 0 Å². The topological polar surface area (TPSA) is 48.1 Å². The number of nitrogens with two attached hydrogens (primary N) is 1. The maximum atomic E-state index is 6.42.